The van der Waals surface area contributed by atoms with Crippen LogP contribution >= 0.6 is 0 Å². The minimum atomic E-state index is -3.82. The van der Waals surface area contributed by atoms with Gasteiger partial charge in [0.1, 0.15) is 6.10 Å². The number of benzene rings is 1. The van der Waals surface area contributed by atoms with Crippen LogP contribution in [0.4, 0.5) is 0 Å². The molecule has 94 valence electrons. The molecule has 0 aromatic heterocycles. The fourth-order valence-corrected chi connectivity index (χ4v) is 2.53. The average Bonchev–Trinajstić information content (AvgIpc) is 2.27. The number of carbonyl (C=O) groups excluding carboxylic acids is 1. The van der Waals surface area contributed by atoms with Gasteiger partial charge in [0, 0.05) is 7.11 Å². The summed E-state index contributed by atoms with van der Waals surface area (Å²) in [7, 11) is -2.49. The third-order valence-corrected chi connectivity index (χ3v) is 3.85. The number of ether oxygens (including phenoxy) is 1. The molecule has 1 amide bonds. The Morgan fingerprint density at radius 3 is 2.47 bits per heavy atom. The van der Waals surface area contributed by atoms with E-state index in [0.29, 0.717) is 5.56 Å². The first-order chi connectivity index (χ1) is 7.88. The number of amides is 1. The molecule has 0 aliphatic carbocycles. The van der Waals surface area contributed by atoms with Gasteiger partial charge in [-0.2, -0.15) is 0 Å². The van der Waals surface area contributed by atoms with Crippen molar-refractivity contribution < 1.29 is 17.9 Å². The topological polar surface area (TPSA) is 72.5 Å². The van der Waals surface area contributed by atoms with Crippen molar-refractivity contribution in [3.05, 3.63) is 29.8 Å². The Morgan fingerprint density at radius 2 is 1.94 bits per heavy atom. The zero-order chi connectivity index (χ0) is 13.1. The lowest BCUT2D eigenvalue weighted by atomic mass is 10.2. The smallest absolute Gasteiger partial charge is 0.264 e. The number of sulfonamides is 1. The van der Waals surface area contributed by atoms with Gasteiger partial charge in [0.05, 0.1) is 4.90 Å². The Kier molecular flexibility index (Phi) is 4.25. The van der Waals surface area contributed by atoms with Gasteiger partial charge in [-0.25, -0.2) is 13.1 Å². The van der Waals surface area contributed by atoms with Crippen molar-refractivity contribution in [1.82, 2.24) is 4.72 Å². The Balaban J connectivity index is 2.98. The van der Waals surface area contributed by atoms with E-state index in [-0.39, 0.29) is 4.90 Å². The first-order valence-corrected chi connectivity index (χ1v) is 6.52. The highest BCUT2D eigenvalue weighted by atomic mass is 32.2. The number of methoxy groups -OCH3 is 1. The van der Waals surface area contributed by atoms with Gasteiger partial charge in [-0.1, -0.05) is 18.2 Å². The van der Waals surface area contributed by atoms with E-state index in [4.69, 9.17) is 4.74 Å². The van der Waals surface area contributed by atoms with Crippen molar-refractivity contribution in [1.29, 1.82) is 0 Å². The SMILES string of the molecule is COC(C)C(=O)NS(=O)(=O)c1ccccc1C. The zero-order valence-corrected chi connectivity index (χ0v) is 10.7. The highest BCUT2D eigenvalue weighted by Crippen LogP contribution is 2.13. The predicted molar refractivity (Wildman–Crippen MR) is 63.0 cm³/mol. The Morgan fingerprint density at radius 1 is 1.35 bits per heavy atom. The van der Waals surface area contributed by atoms with Crippen molar-refractivity contribution >= 4 is 15.9 Å². The molecule has 0 saturated carbocycles. The molecule has 0 radical (unpaired) electrons. The summed E-state index contributed by atoms with van der Waals surface area (Å²) in [5.41, 5.74) is 0.581. The lowest BCUT2D eigenvalue weighted by Crippen LogP contribution is -2.38. The van der Waals surface area contributed by atoms with E-state index in [0.717, 1.165) is 0 Å². The number of rotatable bonds is 4. The van der Waals surface area contributed by atoms with Gasteiger partial charge in [0.25, 0.3) is 15.9 Å². The molecule has 1 N–H and O–H groups in total. The molecule has 0 spiro atoms. The van der Waals surface area contributed by atoms with Gasteiger partial charge in [0.15, 0.2) is 0 Å². The maximum atomic E-state index is 11.9. The summed E-state index contributed by atoms with van der Waals surface area (Å²) in [5, 5.41) is 0. The molecule has 17 heavy (non-hydrogen) atoms. The first-order valence-electron chi connectivity index (χ1n) is 5.03. The quantitative estimate of drug-likeness (QED) is 0.867. The fraction of sp³-hybridized carbons (Fsp3) is 0.364. The van der Waals surface area contributed by atoms with Crippen molar-refractivity contribution in [2.75, 3.05) is 7.11 Å². The summed E-state index contributed by atoms with van der Waals surface area (Å²) in [6.45, 7) is 3.14. The standard InChI is InChI=1S/C11H15NO4S/c1-8-6-4-5-7-10(8)17(14,15)12-11(13)9(2)16-3/h4-7,9H,1-3H3,(H,12,13). The molecule has 1 rings (SSSR count). The highest BCUT2D eigenvalue weighted by Gasteiger charge is 2.22. The molecule has 6 heteroatoms. The molecule has 0 bridgehead atoms. The molecule has 0 aliphatic heterocycles. The molecule has 1 unspecified atom stereocenters. The molecule has 0 fully saturated rings. The van der Waals surface area contributed by atoms with Crippen LogP contribution in [0.25, 0.3) is 0 Å². The number of aryl methyl sites for hydroxylation is 1. The van der Waals surface area contributed by atoms with E-state index >= 15 is 0 Å². The van der Waals surface area contributed by atoms with Gasteiger partial charge >= 0.3 is 0 Å². The second-order valence-corrected chi connectivity index (χ2v) is 5.26. The Hall–Kier alpha value is -1.40. The van der Waals surface area contributed by atoms with Crippen LogP contribution in [0.3, 0.4) is 0 Å². The maximum absolute atomic E-state index is 11.9. The molecule has 0 aliphatic rings. The normalized spacial score (nSPS) is 13.1. The number of nitrogens with one attached hydrogen (secondary N) is 1. The maximum Gasteiger partial charge on any atom is 0.264 e. The molecule has 1 aromatic rings. The summed E-state index contributed by atoms with van der Waals surface area (Å²) in [6, 6.07) is 6.45. The first kappa shape index (κ1) is 13.7. The van der Waals surface area contributed by atoms with Gasteiger partial charge in [-0.3, -0.25) is 4.79 Å². The average molecular weight is 257 g/mol. The van der Waals surface area contributed by atoms with Crippen LogP contribution in [0.2, 0.25) is 0 Å². The number of hydrogen-bond donors (Lipinski definition) is 1. The van der Waals surface area contributed by atoms with Crippen LogP contribution in [0.1, 0.15) is 12.5 Å². The van der Waals surface area contributed by atoms with Crippen LogP contribution in [0, 0.1) is 6.92 Å². The third-order valence-electron chi connectivity index (χ3n) is 2.34. The van der Waals surface area contributed by atoms with Gasteiger partial charge in [0.2, 0.25) is 0 Å². The Labute approximate surface area is 101 Å². The van der Waals surface area contributed by atoms with E-state index in [1.54, 1.807) is 25.1 Å². The van der Waals surface area contributed by atoms with E-state index < -0.39 is 22.0 Å². The third kappa shape index (κ3) is 3.28. The lowest BCUT2D eigenvalue weighted by Gasteiger charge is -2.12. The molecule has 0 heterocycles. The van der Waals surface area contributed by atoms with Crippen molar-refractivity contribution in [2.24, 2.45) is 0 Å². The number of hydrogen-bond acceptors (Lipinski definition) is 4. The lowest BCUT2D eigenvalue weighted by molar-refractivity contribution is -0.128. The second kappa shape index (κ2) is 5.29. The fourth-order valence-electron chi connectivity index (χ4n) is 1.24. The molecule has 1 aromatic carbocycles. The molecule has 0 saturated heterocycles. The Bertz CT molecular complexity index is 510. The zero-order valence-electron chi connectivity index (χ0n) is 9.93. The molecular weight excluding hydrogens is 242 g/mol. The van der Waals surface area contributed by atoms with Crippen molar-refractivity contribution in [3.8, 4) is 0 Å². The van der Waals surface area contributed by atoms with Crippen LogP contribution < -0.4 is 4.72 Å². The van der Waals surface area contributed by atoms with Crippen LogP contribution in [-0.2, 0) is 19.6 Å². The van der Waals surface area contributed by atoms with Gasteiger partial charge in [-0.15, -0.1) is 0 Å². The largest absolute Gasteiger partial charge is 0.372 e. The van der Waals surface area contributed by atoms with Crippen LogP contribution in [0.15, 0.2) is 29.2 Å². The second-order valence-electron chi connectivity index (χ2n) is 3.61. The summed E-state index contributed by atoms with van der Waals surface area (Å²) < 4.78 is 30.5. The van der Waals surface area contributed by atoms with E-state index in [1.807, 2.05) is 4.72 Å². The summed E-state index contributed by atoms with van der Waals surface area (Å²) in [5.74, 6) is -0.684. The van der Waals surface area contributed by atoms with Crippen molar-refractivity contribution in [2.45, 2.75) is 24.8 Å². The van der Waals surface area contributed by atoms with Gasteiger partial charge in [-0.05, 0) is 25.5 Å². The molecule has 5 nitrogen and oxygen atoms in total. The van der Waals surface area contributed by atoms with Crippen LogP contribution in [0.5, 0.6) is 0 Å². The summed E-state index contributed by atoms with van der Waals surface area (Å²) in [6.07, 6.45) is -0.811. The van der Waals surface area contributed by atoms with Gasteiger partial charge < -0.3 is 4.74 Å². The van der Waals surface area contributed by atoms with E-state index in [2.05, 4.69) is 0 Å². The summed E-state index contributed by atoms with van der Waals surface area (Å²) in [4.78, 5) is 11.6. The number of carbonyl (C=O) groups is 1. The van der Waals surface area contributed by atoms with Crippen LogP contribution in [-0.4, -0.2) is 27.5 Å². The van der Waals surface area contributed by atoms with E-state index in [9.17, 15) is 13.2 Å². The highest BCUT2D eigenvalue weighted by molar-refractivity contribution is 7.90. The summed E-state index contributed by atoms with van der Waals surface area (Å²) >= 11 is 0. The predicted octanol–water partition coefficient (Wildman–Crippen LogP) is 0.835. The minimum absolute atomic E-state index is 0.0941. The molecule has 1 atom stereocenters. The minimum Gasteiger partial charge on any atom is -0.372 e. The van der Waals surface area contributed by atoms with Crippen molar-refractivity contribution in [3.63, 3.8) is 0 Å². The molecular formula is C11H15NO4S. The monoisotopic (exact) mass is 257 g/mol. The van der Waals surface area contributed by atoms with E-state index in [1.165, 1.54) is 20.1 Å².